The van der Waals surface area contributed by atoms with Gasteiger partial charge >= 0.3 is 0 Å². The van der Waals surface area contributed by atoms with Crippen molar-refractivity contribution in [1.29, 1.82) is 0 Å². The van der Waals surface area contributed by atoms with Crippen LogP contribution in [0, 0.1) is 0 Å². The number of Topliss-reactive ketones (excluding diaryl/α,β-unsaturated/α-hetero) is 1. The molecule has 0 atom stereocenters. The number of hydrogen-bond acceptors (Lipinski definition) is 4. The highest BCUT2D eigenvalue weighted by Crippen LogP contribution is 2.13. The second-order valence-electron chi connectivity index (χ2n) is 4.05. The van der Waals surface area contributed by atoms with Crippen LogP contribution in [0.2, 0.25) is 0 Å². The summed E-state index contributed by atoms with van der Waals surface area (Å²) in [5, 5.41) is 0. The molecule has 0 N–H and O–H groups in total. The molecule has 0 aromatic carbocycles. The lowest BCUT2D eigenvalue weighted by molar-refractivity contribution is -0.118. The zero-order valence-corrected chi connectivity index (χ0v) is 11.7. The summed E-state index contributed by atoms with van der Waals surface area (Å²) in [6.45, 7) is 6.10. The summed E-state index contributed by atoms with van der Waals surface area (Å²) in [7, 11) is 2.13. The zero-order chi connectivity index (χ0) is 12.0. The Morgan fingerprint density at radius 3 is 2.50 bits per heavy atom. The Morgan fingerprint density at radius 1 is 1.31 bits per heavy atom. The Morgan fingerprint density at radius 2 is 1.94 bits per heavy atom. The monoisotopic (exact) mass is 260 g/mol. The van der Waals surface area contributed by atoms with Crippen LogP contribution in [-0.2, 0) is 4.79 Å². The lowest BCUT2D eigenvalue weighted by Crippen LogP contribution is -2.45. The number of carbonyl (C=O) groups is 1. The number of nitrogens with zero attached hydrogens (tertiary/aromatic N) is 2. The van der Waals surface area contributed by atoms with Crippen LogP contribution in [0.15, 0.2) is 0 Å². The topological polar surface area (TPSA) is 23.6 Å². The summed E-state index contributed by atoms with van der Waals surface area (Å²) in [4.78, 5) is 15.7. The fourth-order valence-electron chi connectivity index (χ4n) is 1.51. The first kappa shape index (κ1) is 13.9. The van der Waals surface area contributed by atoms with Gasteiger partial charge in [-0.3, -0.25) is 4.79 Å². The number of hydrogen-bond donors (Lipinski definition) is 0. The van der Waals surface area contributed by atoms with E-state index in [1.165, 1.54) is 0 Å². The van der Waals surface area contributed by atoms with Crippen LogP contribution in [-0.4, -0.2) is 58.9 Å². The summed E-state index contributed by atoms with van der Waals surface area (Å²) < 4.78 is 0.956. The maximum absolute atomic E-state index is 11.1. The average Bonchev–Trinajstić information content (AvgIpc) is 2.29. The first-order chi connectivity index (χ1) is 7.63. The first-order valence-corrected chi connectivity index (χ1v) is 7.14. The number of thioether (sulfide) groups is 1. The third kappa shape index (κ3) is 4.80. The van der Waals surface area contributed by atoms with Crippen molar-refractivity contribution < 1.29 is 4.79 Å². The Balaban J connectivity index is 2.17. The van der Waals surface area contributed by atoms with Crippen molar-refractivity contribution in [2.75, 3.05) is 39.0 Å². The lowest BCUT2D eigenvalue weighted by Gasteiger charge is -2.33. The fraction of sp³-hybridized carbons (Fsp3) is 0.818. The van der Waals surface area contributed by atoms with E-state index >= 15 is 0 Å². The van der Waals surface area contributed by atoms with Crippen molar-refractivity contribution in [3.05, 3.63) is 0 Å². The van der Waals surface area contributed by atoms with Gasteiger partial charge in [-0.25, -0.2) is 0 Å². The molecule has 0 saturated carbocycles. The van der Waals surface area contributed by atoms with E-state index in [0.717, 1.165) is 36.3 Å². The van der Waals surface area contributed by atoms with Crippen molar-refractivity contribution in [3.8, 4) is 0 Å². The number of carbonyl (C=O) groups excluding carboxylic acids is 1. The van der Waals surface area contributed by atoms with Crippen molar-refractivity contribution >= 4 is 34.1 Å². The second-order valence-corrected chi connectivity index (χ2v) is 5.78. The molecular formula is C11H20N2OS2. The van der Waals surface area contributed by atoms with Gasteiger partial charge in [0, 0.05) is 44.8 Å². The van der Waals surface area contributed by atoms with Crippen LogP contribution in [0.1, 0.15) is 19.8 Å². The van der Waals surface area contributed by atoms with Gasteiger partial charge in [0.15, 0.2) is 0 Å². The van der Waals surface area contributed by atoms with E-state index in [2.05, 4.69) is 16.8 Å². The number of piperazine rings is 1. The van der Waals surface area contributed by atoms with Crippen LogP contribution < -0.4 is 0 Å². The smallest absolute Gasteiger partial charge is 0.136 e. The average molecular weight is 260 g/mol. The van der Waals surface area contributed by atoms with Crippen LogP contribution in [0.5, 0.6) is 0 Å². The largest absolute Gasteiger partial charge is 0.355 e. The molecule has 0 amide bonds. The number of thiocarbonyl (C=S) groups is 1. The molecule has 0 radical (unpaired) electrons. The van der Waals surface area contributed by atoms with Crippen LogP contribution >= 0.6 is 24.0 Å². The molecule has 16 heavy (non-hydrogen) atoms. The SMILES string of the molecule is CCC(=O)CCSC(=S)N1CCN(C)CC1. The van der Waals surface area contributed by atoms with E-state index in [0.29, 0.717) is 18.6 Å². The molecule has 0 bridgehead atoms. The molecule has 92 valence electrons. The summed E-state index contributed by atoms with van der Waals surface area (Å²) in [5.41, 5.74) is 0. The van der Waals surface area contributed by atoms with E-state index in [1.807, 2.05) is 6.92 Å². The van der Waals surface area contributed by atoms with Gasteiger partial charge in [-0.2, -0.15) is 0 Å². The molecule has 0 aromatic heterocycles. The highest BCUT2D eigenvalue weighted by Gasteiger charge is 2.16. The highest BCUT2D eigenvalue weighted by molar-refractivity contribution is 8.22. The van der Waals surface area contributed by atoms with Crippen LogP contribution in [0.3, 0.4) is 0 Å². The predicted molar refractivity (Wildman–Crippen MR) is 74.0 cm³/mol. The molecule has 1 aliphatic rings. The van der Waals surface area contributed by atoms with Gasteiger partial charge in [-0.15, -0.1) is 0 Å². The zero-order valence-electron chi connectivity index (χ0n) is 10.1. The molecule has 1 heterocycles. The Bertz CT molecular complexity index is 250. The molecule has 1 saturated heterocycles. The van der Waals surface area contributed by atoms with Gasteiger partial charge in [0.2, 0.25) is 0 Å². The molecule has 3 nitrogen and oxygen atoms in total. The molecule has 0 unspecified atom stereocenters. The van der Waals surface area contributed by atoms with Crippen LogP contribution in [0.25, 0.3) is 0 Å². The van der Waals surface area contributed by atoms with E-state index in [-0.39, 0.29) is 0 Å². The molecule has 0 spiro atoms. The van der Waals surface area contributed by atoms with Crippen molar-refractivity contribution in [1.82, 2.24) is 9.80 Å². The number of likely N-dealkylation sites (N-methyl/N-ethyl adjacent to an activating group) is 1. The van der Waals surface area contributed by atoms with Gasteiger partial charge in [0.05, 0.1) is 0 Å². The maximum Gasteiger partial charge on any atom is 0.136 e. The molecule has 5 heteroatoms. The molecule has 1 fully saturated rings. The quantitative estimate of drug-likeness (QED) is 0.715. The number of rotatable bonds is 4. The van der Waals surface area contributed by atoms with Gasteiger partial charge < -0.3 is 9.80 Å². The molecule has 0 aliphatic carbocycles. The van der Waals surface area contributed by atoms with Gasteiger partial charge in [0.25, 0.3) is 0 Å². The lowest BCUT2D eigenvalue weighted by atomic mass is 10.2. The van der Waals surface area contributed by atoms with Gasteiger partial charge in [0.1, 0.15) is 10.1 Å². The van der Waals surface area contributed by atoms with Crippen molar-refractivity contribution in [2.45, 2.75) is 19.8 Å². The summed E-state index contributed by atoms with van der Waals surface area (Å²) >= 11 is 7.01. The molecule has 1 rings (SSSR count). The van der Waals surface area contributed by atoms with Gasteiger partial charge in [-0.1, -0.05) is 30.9 Å². The molecular weight excluding hydrogens is 240 g/mol. The Labute approximate surface area is 108 Å². The summed E-state index contributed by atoms with van der Waals surface area (Å²) in [6, 6.07) is 0. The van der Waals surface area contributed by atoms with Crippen LogP contribution in [0.4, 0.5) is 0 Å². The fourth-order valence-corrected chi connectivity index (χ4v) is 2.81. The summed E-state index contributed by atoms with van der Waals surface area (Å²) in [5.74, 6) is 1.16. The molecule has 0 aromatic rings. The van der Waals surface area contributed by atoms with Gasteiger partial charge in [-0.05, 0) is 7.05 Å². The predicted octanol–water partition coefficient (Wildman–Crippen LogP) is 1.62. The minimum Gasteiger partial charge on any atom is -0.355 e. The van der Waals surface area contributed by atoms with E-state index < -0.39 is 0 Å². The Kier molecular flexibility index (Phi) is 6.31. The standard InChI is InChI=1S/C11H20N2OS2/c1-3-10(14)4-9-16-11(15)13-7-5-12(2)6-8-13/h3-9H2,1-2H3. The third-order valence-corrected chi connectivity index (χ3v) is 4.29. The maximum atomic E-state index is 11.1. The summed E-state index contributed by atoms with van der Waals surface area (Å²) in [6.07, 6.45) is 1.29. The number of ketones is 1. The molecule has 1 aliphatic heterocycles. The minimum atomic E-state index is 0.327. The Hall–Kier alpha value is -0.130. The highest BCUT2D eigenvalue weighted by atomic mass is 32.2. The van der Waals surface area contributed by atoms with E-state index in [4.69, 9.17) is 12.2 Å². The normalized spacial score (nSPS) is 17.5. The second kappa shape index (κ2) is 7.25. The third-order valence-electron chi connectivity index (χ3n) is 2.76. The minimum absolute atomic E-state index is 0.327. The first-order valence-electron chi connectivity index (χ1n) is 5.75. The van der Waals surface area contributed by atoms with Crippen molar-refractivity contribution in [3.63, 3.8) is 0 Å². The van der Waals surface area contributed by atoms with E-state index in [1.54, 1.807) is 11.8 Å². The van der Waals surface area contributed by atoms with E-state index in [9.17, 15) is 4.79 Å². The van der Waals surface area contributed by atoms with Crippen molar-refractivity contribution in [2.24, 2.45) is 0 Å².